The molecule has 0 bridgehead atoms. The van der Waals surface area contributed by atoms with Crippen LogP contribution in [0.1, 0.15) is 32.9 Å². The van der Waals surface area contributed by atoms with Crippen LogP contribution in [-0.2, 0) is 4.74 Å². The van der Waals surface area contributed by atoms with E-state index in [0.29, 0.717) is 34.3 Å². The number of nitrogens with zero attached hydrogens (tertiary/aromatic N) is 1. The topological polar surface area (TPSA) is 84.7 Å². The molecule has 0 radical (unpaired) electrons. The predicted molar refractivity (Wildman–Crippen MR) is 84.3 cm³/mol. The molecular formula is C14H21N3O3S. The summed E-state index contributed by atoms with van der Waals surface area (Å²) < 4.78 is 5.06. The average molecular weight is 311 g/mol. The van der Waals surface area contributed by atoms with Crippen molar-refractivity contribution in [2.75, 3.05) is 45.0 Å². The molecule has 0 unspecified atom stereocenters. The van der Waals surface area contributed by atoms with Crippen LogP contribution in [0, 0.1) is 5.92 Å². The normalized spacial score (nSPS) is 14.0. The zero-order chi connectivity index (χ0) is 15.6. The van der Waals surface area contributed by atoms with Crippen molar-refractivity contribution < 1.29 is 14.3 Å². The van der Waals surface area contributed by atoms with Crippen LogP contribution in [0.15, 0.2) is 0 Å². The third-order valence-corrected chi connectivity index (χ3v) is 4.86. The summed E-state index contributed by atoms with van der Waals surface area (Å²) in [7, 11) is 5.04. The Morgan fingerprint density at radius 1 is 1.48 bits per heavy atom. The highest BCUT2D eigenvalue weighted by atomic mass is 32.1. The fourth-order valence-corrected chi connectivity index (χ4v) is 3.31. The Labute approximate surface area is 128 Å². The van der Waals surface area contributed by atoms with Gasteiger partial charge in [-0.25, -0.2) is 0 Å². The number of anilines is 2. The average Bonchev–Trinajstić information content (AvgIpc) is 3.26. The van der Waals surface area contributed by atoms with Gasteiger partial charge in [0.25, 0.3) is 5.91 Å². The van der Waals surface area contributed by atoms with Crippen LogP contribution in [0.5, 0.6) is 0 Å². The Morgan fingerprint density at radius 3 is 2.67 bits per heavy atom. The maximum atomic E-state index is 12.3. The summed E-state index contributed by atoms with van der Waals surface area (Å²) in [4.78, 5) is 26.8. The molecule has 3 N–H and O–H groups in total. The van der Waals surface area contributed by atoms with E-state index in [0.717, 1.165) is 12.8 Å². The molecule has 6 nitrogen and oxygen atoms in total. The van der Waals surface area contributed by atoms with Crippen molar-refractivity contribution >= 4 is 33.7 Å². The van der Waals surface area contributed by atoms with E-state index < -0.39 is 0 Å². The quantitative estimate of drug-likeness (QED) is 0.743. The Morgan fingerprint density at radius 2 is 2.14 bits per heavy atom. The van der Waals surface area contributed by atoms with Crippen molar-refractivity contribution in [1.82, 2.24) is 5.32 Å². The highest BCUT2D eigenvalue weighted by molar-refractivity contribution is 7.19. The first kappa shape index (κ1) is 15.8. The van der Waals surface area contributed by atoms with Gasteiger partial charge in [0.15, 0.2) is 5.78 Å². The number of ketones is 1. The zero-order valence-electron chi connectivity index (χ0n) is 12.6. The van der Waals surface area contributed by atoms with Crippen molar-refractivity contribution in [3.63, 3.8) is 0 Å². The van der Waals surface area contributed by atoms with Gasteiger partial charge < -0.3 is 20.7 Å². The van der Waals surface area contributed by atoms with E-state index in [1.165, 1.54) is 11.3 Å². The molecule has 1 fully saturated rings. The monoisotopic (exact) mass is 311 g/mol. The minimum Gasteiger partial charge on any atom is -0.397 e. The number of nitrogens with two attached hydrogens (primary N) is 1. The molecule has 116 valence electrons. The number of rotatable bonds is 7. The number of nitrogen functional groups attached to an aromatic ring is 1. The van der Waals surface area contributed by atoms with Gasteiger partial charge in [0, 0.05) is 33.7 Å². The molecule has 1 aromatic heterocycles. The molecule has 0 aliphatic heterocycles. The number of carbonyl (C=O) groups excluding carboxylic acids is 2. The van der Waals surface area contributed by atoms with E-state index in [-0.39, 0.29) is 17.6 Å². The lowest BCUT2D eigenvalue weighted by Crippen LogP contribution is -2.26. The van der Waals surface area contributed by atoms with Crippen LogP contribution in [0.2, 0.25) is 0 Å². The number of Topliss-reactive ketones (excluding diaryl/α,β-unsaturated/α-hetero) is 1. The molecule has 1 aromatic rings. The highest BCUT2D eigenvalue weighted by Crippen LogP contribution is 2.42. The van der Waals surface area contributed by atoms with Crippen LogP contribution >= 0.6 is 11.3 Å². The highest BCUT2D eigenvalue weighted by Gasteiger charge is 2.35. The van der Waals surface area contributed by atoms with Gasteiger partial charge in [0.05, 0.1) is 22.7 Å². The lowest BCUT2D eigenvalue weighted by atomic mass is 10.1. The first-order valence-corrected chi connectivity index (χ1v) is 7.71. The largest absolute Gasteiger partial charge is 0.397 e. The summed E-state index contributed by atoms with van der Waals surface area (Å²) in [5.74, 6) is -0.118. The van der Waals surface area contributed by atoms with Crippen LogP contribution in [0.4, 0.5) is 10.7 Å². The molecule has 0 spiro atoms. The standard InChI is InChI=1S/C14H21N3O3S/c1-16-13(19)9-10(15)12(11(18)8-4-5-8)21-14(9)17(2)6-7-20-3/h8H,4-7,15H2,1-3H3,(H,16,19). The lowest BCUT2D eigenvalue weighted by molar-refractivity contribution is 0.0963. The van der Waals surface area contributed by atoms with Gasteiger partial charge in [-0.3, -0.25) is 9.59 Å². The van der Waals surface area contributed by atoms with E-state index in [1.807, 2.05) is 11.9 Å². The molecular weight excluding hydrogens is 290 g/mol. The summed E-state index contributed by atoms with van der Waals surface area (Å²) in [6.07, 6.45) is 1.83. The van der Waals surface area contributed by atoms with Crippen molar-refractivity contribution in [2.45, 2.75) is 12.8 Å². The summed E-state index contributed by atoms with van der Waals surface area (Å²) in [5, 5.41) is 3.30. The maximum absolute atomic E-state index is 12.3. The number of carbonyl (C=O) groups is 2. The van der Waals surface area contributed by atoms with Crippen molar-refractivity contribution in [1.29, 1.82) is 0 Å². The first-order chi connectivity index (χ1) is 10.0. The van der Waals surface area contributed by atoms with Gasteiger partial charge in [0.2, 0.25) is 0 Å². The first-order valence-electron chi connectivity index (χ1n) is 6.89. The van der Waals surface area contributed by atoms with E-state index in [9.17, 15) is 9.59 Å². The maximum Gasteiger partial charge on any atom is 0.256 e. The molecule has 2 rings (SSSR count). The van der Waals surface area contributed by atoms with Gasteiger partial charge in [0.1, 0.15) is 5.00 Å². The van der Waals surface area contributed by atoms with Gasteiger partial charge in [-0.1, -0.05) is 0 Å². The lowest BCUT2D eigenvalue weighted by Gasteiger charge is -2.18. The van der Waals surface area contributed by atoms with Gasteiger partial charge in [-0.05, 0) is 12.8 Å². The minimum absolute atomic E-state index is 0.0639. The molecule has 1 amide bonds. The number of methoxy groups -OCH3 is 1. The SMILES string of the molecule is CNC(=O)c1c(N(C)CCOC)sc(C(=O)C2CC2)c1N. The number of amides is 1. The van der Waals surface area contributed by atoms with Crippen LogP contribution in [0.3, 0.4) is 0 Å². The fourth-order valence-electron chi connectivity index (χ4n) is 2.09. The molecule has 0 atom stereocenters. The Kier molecular flexibility index (Phi) is 4.84. The van der Waals surface area contributed by atoms with Crippen LogP contribution < -0.4 is 16.0 Å². The van der Waals surface area contributed by atoms with Crippen molar-refractivity contribution in [3.8, 4) is 0 Å². The molecule has 7 heteroatoms. The molecule has 0 aromatic carbocycles. The predicted octanol–water partition coefficient (Wildman–Crippen LogP) is 1.37. The van der Waals surface area contributed by atoms with Crippen molar-refractivity contribution in [2.24, 2.45) is 5.92 Å². The molecule has 1 saturated carbocycles. The third-order valence-electron chi connectivity index (χ3n) is 3.53. The number of hydrogen-bond donors (Lipinski definition) is 2. The van der Waals surface area contributed by atoms with Gasteiger partial charge >= 0.3 is 0 Å². The molecule has 0 saturated heterocycles. The number of ether oxygens (including phenoxy) is 1. The van der Waals surface area contributed by atoms with E-state index >= 15 is 0 Å². The van der Waals surface area contributed by atoms with Crippen LogP contribution in [0.25, 0.3) is 0 Å². The van der Waals surface area contributed by atoms with Crippen molar-refractivity contribution in [3.05, 3.63) is 10.4 Å². The van der Waals surface area contributed by atoms with E-state index in [2.05, 4.69) is 5.32 Å². The number of thiophene rings is 1. The molecule has 21 heavy (non-hydrogen) atoms. The summed E-state index contributed by atoms with van der Waals surface area (Å²) in [6, 6.07) is 0. The van der Waals surface area contributed by atoms with Gasteiger partial charge in [-0.15, -0.1) is 11.3 Å². The smallest absolute Gasteiger partial charge is 0.256 e. The summed E-state index contributed by atoms with van der Waals surface area (Å²) in [5.41, 5.74) is 6.78. The van der Waals surface area contributed by atoms with E-state index in [4.69, 9.17) is 10.5 Å². The number of likely N-dealkylation sites (N-methyl/N-ethyl adjacent to an activating group) is 1. The number of nitrogens with one attached hydrogen (secondary N) is 1. The van der Waals surface area contributed by atoms with Gasteiger partial charge in [-0.2, -0.15) is 0 Å². The van der Waals surface area contributed by atoms with E-state index in [1.54, 1.807) is 14.2 Å². The second kappa shape index (κ2) is 6.44. The zero-order valence-corrected chi connectivity index (χ0v) is 13.4. The minimum atomic E-state index is -0.266. The number of hydrogen-bond acceptors (Lipinski definition) is 6. The molecule has 1 aliphatic carbocycles. The Hall–Kier alpha value is -1.60. The summed E-state index contributed by atoms with van der Waals surface area (Å²) >= 11 is 1.30. The fraction of sp³-hybridized carbons (Fsp3) is 0.571. The Balaban J connectivity index is 2.38. The Bertz CT molecular complexity index is 552. The summed E-state index contributed by atoms with van der Waals surface area (Å²) in [6.45, 7) is 1.16. The molecule has 1 aliphatic rings. The second-order valence-electron chi connectivity index (χ2n) is 5.16. The molecule has 1 heterocycles. The third kappa shape index (κ3) is 3.19. The van der Waals surface area contributed by atoms with Crippen LogP contribution in [-0.4, -0.2) is 46.0 Å². The second-order valence-corrected chi connectivity index (χ2v) is 6.16.